The molecule has 8 nitrogen and oxygen atoms in total. The molecule has 0 unspecified atom stereocenters. The van der Waals surface area contributed by atoms with Gasteiger partial charge in [0.15, 0.2) is 5.82 Å². The number of piperidine rings is 1. The second-order valence-corrected chi connectivity index (χ2v) is 6.75. The number of nitrogens with one attached hydrogen (secondary N) is 1. The number of hydrogen-bond donors (Lipinski definition) is 1. The number of aromatic nitrogens is 7. The topological polar surface area (TPSA) is 78.4 Å². The van der Waals surface area contributed by atoms with Crippen LogP contribution < -0.4 is 5.32 Å². The zero-order chi connectivity index (χ0) is 17.8. The lowest BCUT2D eigenvalue weighted by Gasteiger charge is -2.22. The average molecular weight is 354 g/mol. The van der Waals surface area contributed by atoms with E-state index in [4.69, 9.17) is 0 Å². The summed E-state index contributed by atoms with van der Waals surface area (Å²) in [7, 11) is 0. The van der Waals surface area contributed by atoms with E-state index < -0.39 is 0 Å². The molecule has 0 radical (unpaired) electrons. The fraction of sp³-hybridized carbons (Fsp3) is 0.556. The van der Waals surface area contributed by atoms with Crippen LogP contribution in [0.2, 0.25) is 0 Å². The molecular formula is C18H26N8. The molecule has 0 amide bonds. The Balaban J connectivity index is 1.41. The molecule has 0 aromatic carbocycles. The molecule has 0 saturated carbocycles. The molecule has 0 bridgehead atoms. The highest BCUT2D eigenvalue weighted by molar-refractivity contribution is 5.47. The molecule has 3 aromatic rings. The molecule has 4 heterocycles. The first-order valence-electron chi connectivity index (χ1n) is 9.49. The molecule has 1 saturated heterocycles. The third-order valence-corrected chi connectivity index (χ3v) is 5.05. The molecule has 138 valence electrons. The van der Waals surface area contributed by atoms with E-state index in [1.807, 2.05) is 29.5 Å². The second kappa shape index (κ2) is 7.82. The van der Waals surface area contributed by atoms with Gasteiger partial charge in [0.1, 0.15) is 11.5 Å². The molecule has 26 heavy (non-hydrogen) atoms. The van der Waals surface area contributed by atoms with E-state index >= 15 is 0 Å². The maximum Gasteiger partial charge on any atom is 0.162 e. The van der Waals surface area contributed by atoms with Crippen LogP contribution in [-0.4, -0.2) is 47.2 Å². The molecule has 1 fully saturated rings. The lowest BCUT2D eigenvalue weighted by atomic mass is 10.1. The maximum atomic E-state index is 4.51. The van der Waals surface area contributed by atoms with Gasteiger partial charge in [0.2, 0.25) is 0 Å². The summed E-state index contributed by atoms with van der Waals surface area (Å²) in [6, 6.07) is 0.439. The molecule has 3 aromatic heterocycles. The summed E-state index contributed by atoms with van der Waals surface area (Å²) in [5.41, 5.74) is 0.852. The zero-order valence-corrected chi connectivity index (χ0v) is 15.3. The van der Waals surface area contributed by atoms with Crippen molar-refractivity contribution in [3.05, 3.63) is 36.8 Å². The van der Waals surface area contributed by atoms with Crippen LogP contribution in [0.5, 0.6) is 0 Å². The summed E-state index contributed by atoms with van der Waals surface area (Å²) in [5, 5.41) is 12.1. The van der Waals surface area contributed by atoms with Gasteiger partial charge >= 0.3 is 0 Å². The van der Waals surface area contributed by atoms with Crippen LogP contribution in [0.4, 0.5) is 0 Å². The molecule has 1 aliphatic rings. The van der Waals surface area contributed by atoms with Gasteiger partial charge in [-0.1, -0.05) is 12.1 Å². The van der Waals surface area contributed by atoms with E-state index in [0.717, 1.165) is 69.2 Å². The molecule has 0 aliphatic carbocycles. The van der Waals surface area contributed by atoms with Crippen LogP contribution in [0, 0.1) is 0 Å². The predicted molar refractivity (Wildman–Crippen MR) is 98.6 cm³/mol. The Hall–Kier alpha value is -2.48. The molecule has 0 atom stereocenters. The summed E-state index contributed by atoms with van der Waals surface area (Å²) >= 11 is 0. The minimum Gasteiger partial charge on any atom is -0.335 e. The minimum atomic E-state index is 0.439. The Labute approximate surface area is 153 Å². The molecule has 0 spiro atoms. The van der Waals surface area contributed by atoms with Gasteiger partial charge in [-0.2, -0.15) is 0 Å². The van der Waals surface area contributed by atoms with Gasteiger partial charge in [0.05, 0.1) is 12.2 Å². The summed E-state index contributed by atoms with van der Waals surface area (Å²) in [6.45, 7) is 6.09. The van der Waals surface area contributed by atoms with Crippen LogP contribution >= 0.6 is 0 Å². The van der Waals surface area contributed by atoms with Crippen molar-refractivity contribution < 1.29 is 0 Å². The first-order chi connectivity index (χ1) is 12.8. The van der Waals surface area contributed by atoms with Crippen LogP contribution in [0.25, 0.3) is 11.5 Å². The fourth-order valence-electron chi connectivity index (χ4n) is 3.62. The lowest BCUT2D eigenvalue weighted by Crippen LogP contribution is -2.29. The summed E-state index contributed by atoms with van der Waals surface area (Å²) in [6.07, 6.45) is 14.0. The van der Waals surface area contributed by atoms with Gasteiger partial charge in [-0.25, -0.2) is 14.6 Å². The van der Waals surface area contributed by atoms with E-state index in [0.29, 0.717) is 6.04 Å². The van der Waals surface area contributed by atoms with Crippen LogP contribution in [0.15, 0.2) is 31.0 Å². The van der Waals surface area contributed by atoms with Crippen LogP contribution in [0.3, 0.4) is 0 Å². The SMILES string of the molecule is CCc1nccn1CCCn1ccnc1-c1cn(C2CCNCC2)nn1. The first-order valence-corrected chi connectivity index (χ1v) is 9.49. The van der Waals surface area contributed by atoms with Crippen molar-refractivity contribution in [3.8, 4) is 11.5 Å². The summed E-state index contributed by atoms with van der Waals surface area (Å²) in [4.78, 5) is 8.89. The highest BCUT2D eigenvalue weighted by atomic mass is 15.4. The van der Waals surface area contributed by atoms with Crippen LogP contribution in [0.1, 0.15) is 38.1 Å². The van der Waals surface area contributed by atoms with Gasteiger partial charge < -0.3 is 14.5 Å². The molecular weight excluding hydrogens is 328 g/mol. The van der Waals surface area contributed by atoms with Crippen molar-refractivity contribution in [1.82, 2.24) is 39.4 Å². The largest absolute Gasteiger partial charge is 0.335 e. The normalized spacial score (nSPS) is 15.6. The Bertz CT molecular complexity index is 824. The number of imidazole rings is 2. The van der Waals surface area contributed by atoms with E-state index in [1.165, 1.54) is 0 Å². The zero-order valence-electron chi connectivity index (χ0n) is 15.3. The van der Waals surface area contributed by atoms with E-state index in [2.05, 4.69) is 47.9 Å². The van der Waals surface area contributed by atoms with Gasteiger partial charge in [0, 0.05) is 44.3 Å². The summed E-state index contributed by atoms with van der Waals surface area (Å²) in [5.74, 6) is 2.03. The Morgan fingerprint density at radius 2 is 1.85 bits per heavy atom. The number of aryl methyl sites for hydroxylation is 3. The Kier molecular flexibility index (Phi) is 5.10. The van der Waals surface area contributed by atoms with Gasteiger partial charge in [-0.05, 0) is 32.4 Å². The van der Waals surface area contributed by atoms with Gasteiger partial charge in [0.25, 0.3) is 0 Å². The predicted octanol–water partition coefficient (Wildman–Crippen LogP) is 1.92. The van der Waals surface area contributed by atoms with Crippen molar-refractivity contribution in [3.63, 3.8) is 0 Å². The van der Waals surface area contributed by atoms with E-state index in [-0.39, 0.29) is 0 Å². The third-order valence-electron chi connectivity index (χ3n) is 5.05. The Morgan fingerprint density at radius 1 is 1.08 bits per heavy atom. The van der Waals surface area contributed by atoms with Crippen molar-refractivity contribution in [2.45, 2.75) is 51.7 Å². The highest BCUT2D eigenvalue weighted by Gasteiger charge is 2.18. The average Bonchev–Trinajstić information content (AvgIpc) is 3.42. The van der Waals surface area contributed by atoms with Crippen molar-refractivity contribution >= 4 is 0 Å². The lowest BCUT2D eigenvalue weighted by molar-refractivity contribution is 0.337. The molecule has 4 rings (SSSR count). The number of hydrogen-bond acceptors (Lipinski definition) is 5. The van der Waals surface area contributed by atoms with E-state index in [9.17, 15) is 0 Å². The fourth-order valence-corrected chi connectivity index (χ4v) is 3.62. The number of rotatable bonds is 7. The highest BCUT2D eigenvalue weighted by Crippen LogP contribution is 2.21. The molecule has 1 N–H and O–H groups in total. The smallest absolute Gasteiger partial charge is 0.162 e. The minimum absolute atomic E-state index is 0.439. The monoisotopic (exact) mass is 354 g/mol. The Morgan fingerprint density at radius 3 is 2.69 bits per heavy atom. The van der Waals surface area contributed by atoms with Crippen molar-refractivity contribution in [2.24, 2.45) is 0 Å². The molecule has 8 heteroatoms. The summed E-state index contributed by atoms with van der Waals surface area (Å²) < 4.78 is 6.40. The standard InChI is InChI=1S/C18H26N8/c1-2-17-20-8-12-24(17)10-3-11-25-13-9-21-18(25)16-14-26(23-22-16)15-4-6-19-7-5-15/h8-9,12-15,19H,2-7,10-11H2,1H3. The maximum absolute atomic E-state index is 4.51. The second-order valence-electron chi connectivity index (χ2n) is 6.75. The van der Waals surface area contributed by atoms with Crippen molar-refractivity contribution in [2.75, 3.05) is 13.1 Å². The van der Waals surface area contributed by atoms with Crippen molar-refractivity contribution in [1.29, 1.82) is 0 Å². The molecule has 1 aliphatic heterocycles. The van der Waals surface area contributed by atoms with Gasteiger partial charge in [-0.3, -0.25) is 0 Å². The number of nitrogens with zero attached hydrogens (tertiary/aromatic N) is 7. The first kappa shape index (κ1) is 17.0. The van der Waals surface area contributed by atoms with Gasteiger partial charge in [-0.15, -0.1) is 5.10 Å². The quantitative estimate of drug-likeness (QED) is 0.701. The van der Waals surface area contributed by atoms with E-state index in [1.54, 1.807) is 0 Å². The third kappa shape index (κ3) is 3.55. The van der Waals surface area contributed by atoms with Crippen LogP contribution in [-0.2, 0) is 19.5 Å².